The number of anilines is 2. The summed E-state index contributed by atoms with van der Waals surface area (Å²) >= 11 is 9.08. The van der Waals surface area contributed by atoms with E-state index in [1.165, 1.54) is 13.2 Å². The van der Waals surface area contributed by atoms with Crippen LogP contribution in [0.5, 0.6) is 5.88 Å². The molecule has 104 valence electrons. The van der Waals surface area contributed by atoms with Crippen LogP contribution in [0.1, 0.15) is 10.4 Å². The Hall–Kier alpha value is -1.86. The molecule has 3 N–H and O–H groups in total. The molecular formula is C12H10BrClN4O2. The van der Waals surface area contributed by atoms with Crippen molar-refractivity contribution in [3.05, 3.63) is 39.5 Å². The van der Waals surface area contributed by atoms with Gasteiger partial charge in [0.1, 0.15) is 5.15 Å². The molecule has 0 aliphatic rings. The van der Waals surface area contributed by atoms with Crippen molar-refractivity contribution in [1.29, 1.82) is 0 Å². The largest absolute Gasteiger partial charge is 0.481 e. The van der Waals surface area contributed by atoms with E-state index >= 15 is 0 Å². The van der Waals surface area contributed by atoms with E-state index in [9.17, 15) is 4.79 Å². The van der Waals surface area contributed by atoms with E-state index in [-0.39, 0.29) is 17.0 Å². The van der Waals surface area contributed by atoms with Crippen molar-refractivity contribution in [2.75, 3.05) is 18.2 Å². The fourth-order valence-corrected chi connectivity index (χ4v) is 2.04. The molecule has 1 aromatic heterocycles. The van der Waals surface area contributed by atoms with E-state index in [2.05, 4.69) is 31.2 Å². The summed E-state index contributed by atoms with van der Waals surface area (Å²) in [6, 6.07) is 6.35. The lowest BCUT2D eigenvalue weighted by molar-refractivity contribution is 0.102. The normalized spacial score (nSPS) is 10.2. The molecule has 8 heteroatoms. The maximum Gasteiger partial charge on any atom is 0.259 e. The maximum absolute atomic E-state index is 12.1. The van der Waals surface area contributed by atoms with E-state index in [4.69, 9.17) is 22.1 Å². The fourth-order valence-electron chi connectivity index (χ4n) is 1.44. The molecule has 0 unspecified atom stereocenters. The molecular weight excluding hydrogens is 348 g/mol. The number of hydrogen-bond acceptors (Lipinski definition) is 5. The molecule has 20 heavy (non-hydrogen) atoms. The Kier molecular flexibility index (Phi) is 4.41. The van der Waals surface area contributed by atoms with Gasteiger partial charge in [-0.3, -0.25) is 10.1 Å². The maximum atomic E-state index is 12.1. The summed E-state index contributed by atoms with van der Waals surface area (Å²) in [5.41, 5.74) is 6.50. The van der Waals surface area contributed by atoms with Crippen molar-refractivity contribution >= 4 is 45.1 Å². The van der Waals surface area contributed by atoms with Crippen LogP contribution in [0.4, 0.5) is 11.6 Å². The molecule has 1 amide bonds. The van der Waals surface area contributed by atoms with Crippen molar-refractivity contribution in [3.8, 4) is 5.88 Å². The van der Waals surface area contributed by atoms with Crippen LogP contribution < -0.4 is 15.8 Å². The molecule has 6 nitrogen and oxygen atoms in total. The molecule has 2 rings (SSSR count). The average molecular weight is 358 g/mol. The summed E-state index contributed by atoms with van der Waals surface area (Å²) in [5.74, 6) is -0.103. The highest BCUT2D eigenvalue weighted by Gasteiger charge is 2.13. The third-order valence-electron chi connectivity index (χ3n) is 2.34. The number of amides is 1. The molecule has 1 aromatic carbocycles. The van der Waals surface area contributed by atoms with Crippen LogP contribution in [0.15, 0.2) is 28.7 Å². The standard InChI is InChI=1S/C12H10BrClN4O2/c1-20-10-5-9(14)16-12(17-10)18-11(19)7-4-6(15)2-3-8(7)13/h2-5H,15H2,1H3,(H,16,17,18,19). The molecule has 0 aliphatic carbocycles. The first-order valence-corrected chi connectivity index (χ1v) is 6.61. The van der Waals surface area contributed by atoms with Crippen LogP contribution in [0, 0.1) is 0 Å². The molecule has 0 fully saturated rings. The number of aromatic nitrogens is 2. The molecule has 0 spiro atoms. The number of benzene rings is 1. The van der Waals surface area contributed by atoms with Crippen LogP contribution in [0.2, 0.25) is 5.15 Å². The van der Waals surface area contributed by atoms with Crippen LogP contribution >= 0.6 is 27.5 Å². The molecule has 0 atom stereocenters. The first-order valence-electron chi connectivity index (χ1n) is 5.44. The number of ether oxygens (including phenoxy) is 1. The van der Waals surface area contributed by atoms with Gasteiger partial charge in [0.2, 0.25) is 11.8 Å². The molecule has 0 bridgehead atoms. The van der Waals surface area contributed by atoms with Gasteiger partial charge in [-0.25, -0.2) is 4.98 Å². The molecule has 1 heterocycles. The zero-order valence-electron chi connectivity index (χ0n) is 10.4. The Morgan fingerprint density at radius 2 is 2.15 bits per heavy atom. The van der Waals surface area contributed by atoms with E-state index in [1.54, 1.807) is 18.2 Å². The summed E-state index contributed by atoms with van der Waals surface area (Å²) in [5, 5.41) is 2.70. The van der Waals surface area contributed by atoms with Gasteiger partial charge in [-0.15, -0.1) is 0 Å². The number of nitrogen functional groups attached to an aromatic ring is 1. The average Bonchev–Trinajstić information content (AvgIpc) is 2.40. The molecule has 0 radical (unpaired) electrons. The second kappa shape index (κ2) is 6.06. The minimum atomic E-state index is -0.409. The van der Waals surface area contributed by atoms with Crippen molar-refractivity contribution in [3.63, 3.8) is 0 Å². The second-order valence-corrected chi connectivity index (χ2v) is 4.99. The van der Waals surface area contributed by atoms with Gasteiger partial charge in [-0.05, 0) is 34.1 Å². The van der Waals surface area contributed by atoms with Crippen molar-refractivity contribution < 1.29 is 9.53 Å². The highest BCUT2D eigenvalue weighted by molar-refractivity contribution is 9.10. The summed E-state index contributed by atoms with van der Waals surface area (Å²) < 4.78 is 5.56. The highest BCUT2D eigenvalue weighted by Crippen LogP contribution is 2.21. The Bertz CT molecular complexity index is 666. The lowest BCUT2D eigenvalue weighted by Gasteiger charge is -2.07. The number of hydrogen-bond donors (Lipinski definition) is 2. The Morgan fingerprint density at radius 1 is 1.40 bits per heavy atom. The quantitative estimate of drug-likeness (QED) is 0.651. The van der Waals surface area contributed by atoms with E-state index in [0.717, 1.165) is 0 Å². The van der Waals surface area contributed by atoms with Gasteiger partial charge in [0, 0.05) is 16.2 Å². The van der Waals surface area contributed by atoms with E-state index in [1.807, 2.05) is 0 Å². The number of rotatable bonds is 3. The van der Waals surface area contributed by atoms with Gasteiger partial charge in [0.05, 0.1) is 12.7 Å². The number of halogens is 2. The molecule has 0 aliphatic heterocycles. The molecule has 2 aromatic rings. The first kappa shape index (κ1) is 14.5. The number of methoxy groups -OCH3 is 1. The predicted molar refractivity (Wildman–Crippen MR) is 80.1 cm³/mol. The van der Waals surface area contributed by atoms with Gasteiger partial charge in [0.15, 0.2) is 0 Å². The van der Waals surface area contributed by atoms with Gasteiger partial charge < -0.3 is 10.5 Å². The molecule has 0 saturated carbocycles. The zero-order valence-corrected chi connectivity index (χ0v) is 12.7. The zero-order chi connectivity index (χ0) is 14.7. The number of carbonyl (C=O) groups is 1. The lowest BCUT2D eigenvalue weighted by Crippen LogP contribution is -2.15. The summed E-state index contributed by atoms with van der Waals surface area (Å²) in [4.78, 5) is 20.0. The third kappa shape index (κ3) is 3.37. The van der Waals surface area contributed by atoms with Crippen LogP contribution in [0.25, 0.3) is 0 Å². The van der Waals surface area contributed by atoms with Gasteiger partial charge in [0.25, 0.3) is 5.91 Å². The smallest absolute Gasteiger partial charge is 0.259 e. The van der Waals surface area contributed by atoms with Crippen molar-refractivity contribution in [1.82, 2.24) is 9.97 Å². The monoisotopic (exact) mass is 356 g/mol. The Morgan fingerprint density at radius 3 is 2.85 bits per heavy atom. The number of carbonyl (C=O) groups excluding carboxylic acids is 1. The summed E-state index contributed by atoms with van der Waals surface area (Å²) in [6.07, 6.45) is 0. The Labute approximate surface area is 128 Å². The van der Waals surface area contributed by atoms with E-state index < -0.39 is 5.91 Å². The van der Waals surface area contributed by atoms with Crippen LogP contribution in [-0.4, -0.2) is 23.0 Å². The summed E-state index contributed by atoms with van der Waals surface area (Å²) in [6.45, 7) is 0. The predicted octanol–water partition coefficient (Wildman–Crippen LogP) is 2.74. The Balaban J connectivity index is 2.27. The topological polar surface area (TPSA) is 90.1 Å². The van der Waals surface area contributed by atoms with Crippen molar-refractivity contribution in [2.45, 2.75) is 0 Å². The van der Waals surface area contributed by atoms with Gasteiger partial charge in [-0.1, -0.05) is 11.6 Å². The third-order valence-corrected chi connectivity index (χ3v) is 3.23. The number of nitrogens with zero attached hydrogens (tertiary/aromatic N) is 2. The second-order valence-electron chi connectivity index (χ2n) is 3.75. The van der Waals surface area contributed by atoms with E-state index in [0.29, 0.717) is 15.7 Å². The fraction of sp³-hybridized carbons (Fsp3) is 0.0833. The lowest BCUT2D eigenvalue weighted by atomic mass is 10.2. The highest BCUT2D eigenvalue weighted by atomic mass is 79.9. The SMILES string of the molecule is COc1cc(Cl)nc(NC(=O)c2cc(N)ccc2Br)n1. The van der Waals surface area contributed by atoms with Crippen LogP contribution in [0.3, 0.4) is 0 Å². The number of nitrogens with one attached hydrogen (secondary N) is 1. The van der Waals surface area contributed by atoms with Gasteiger partial charge in [-0.2, -0.15) is 4.98 Å². The minimum absolute atomic E-state index is 0.0497. The van der Waals surface area contributed by atoms with Crippen LogP contribution in [-0.2, 0) is 0 Å². The first-order chi connectivity index (χ1) is 9.49. The van der Waals surface area contributed by atoms with Crippen molar-refractivity contribution in [2.24, 2.45) is 0 Å². The minimum Gasteiger partial charge on any atom is -0.481 e. The molecule has 0 saturated heterocycles. The number of nitrogens with two attached hydrogens (primary N) is 1. The summed E-state index contributed by atoms with van der Waals surface area (Å²) in [7, 11) is 1.44. The van der Waals surface area contributed by atoms with Gasteiger partial charge >= 0.3 is 0 Å².